The summed E-state index contributed by atoms with van der Waals surface area (Å²) in [6, 6.07) is 6.25. The first-order chi connectivity index (χ1) is 26.3. The molecular formula is C36H46O19. The van der Waals surface area contributed by atoms with E-state index in [0.29, 0.717) is 45.6 Å². The summed E-state index contributed by atoms with van der Waals surface area (Å²) in [5, 5.41) is 63.4. The van der Waals surface area contributed by atoms with Crippen molar-refractivity contribution in [1.82, 2.24) is 0 Å². The van der Waals surface area contributed by atoms with E-state index in [9.17, 15) is 40.2 Å². The molecule has 0 spiro atoms. The second-order valence-corrected chi connectivity index (χ2v) is 12.0. The SMILES string of the molecule is COc1cc(C=CC(=O)OC[C@H]2O[C@H](O[C@]3(CO)O[C@H](CO)[C@@H](O)[C@@H]3OC(=O)C=Cc3cc(OC)c(OC)c(OC)c3)[C@H](O)[C@@H](O)[C@@H]2O)cc(OC)c1OC. The summed E-state index contributed by atoms with van der Waals surface area (Å²) in [6.07, 6.45) is -9.53. The first-order valence-corrected chi connectivity index (χ1v) is 16.6. The van der Waals surface area contributed by atoms with Gasteiger partial charge in [0.05, 0.1) is 49.3 Å². The van der Waals surface area contributed by atoms with Gasteiger partial charge in [-0.3, -0.25) is 0 Å². The highest BCUT2D eigenvalue weighted by Gasteiger charge is 2.60. The number of rotatable bonds is 17. The van der Waals surface area contributed by atoms with Crippen LogP contribution in [0.4, 0.5) is 0 Å². The minimum absolute atomic E-state index is 0.298. The van der Waals surface area contributed by atoms with E-state index in [1.807, 2.05) is 0 Å². The Hall–Kier alpha value is -4.70. The predicted octanol–water partition coefficient (Wildman–Crippen LogP) is -0.815. The van der Waals surface area contributed by atoms with Gasteiger partial charge in [-0.25, -0.2) is 9.59 Å². The molecule has 19 heteroatoms. The molecule has 2 heterocycles. The molecule has 4 rings (SSSR count). The Morgan fingerprint density at radius 3 is 1.60 bits per heavy atom. The number of hydrogen-bond donors (Lipinski definition) is 6. The second-order valence-electron chi connectivity index (χ2n) is 12.0. The molecule has 19 nitrogen and oxygen atoms in total. The number of aliphatic hydroxyl groups excluding tert-OH is 6. The molecule has 0 amide bonds. The van der Waals surface area contributed by atoms with Crippen molar-refractivity contribution in [2.24, 2.45) is 0 Å². The van der Waals surface area contributed by atoms with Crippen LogP contribution >= 0.6 is 0 Å². The van der Waals surface area contributed by atoms with Crippen LogP contribution in [0.3, 0.4) is 0 Å². The molecule has 6 N–H and O–H groups in total. The predicted molar refractivity (Wildman–Crippen MR) is 187 cm³/mol. The highest BCUT2D eigenvalue weighted by molar-refractivity contribution is 5.88. The highest BCUT2D eigenvalue weighted by atomic mass is 16.8. The quantitative estimate of drug-likeness (QED) is 0.0847. The molecule has 2 saturated heterocycles. The van der Waals surface area contributed by atoms with Gasteiger partial charge in [0.15, 0.2) is 35.4 Å². The van der Waals surface area contributed by atoms with E-state index >= 15 is 0 Å². The lowest BCUT2D eigenvalue weighted by atomic mass is 9.98. The van der Waals surface area contributed by atoms with E-state index in [1.54, 1.807) is 24.3 Å². The molecule has 2 aliphatic heterocycles. The highest BCUT2D eigenvalue weighted by Crippen LogP contribution is 2.41. The van der Waals surface area contributed by atoms with E-state index < -0.39 is 86.6 Å². The van der Waals surface area contributed by atoms with Crippen LogP contribution in [0.25, 0.3) is 12.2 Å². The normalized spacial score (nSPS) is 27.9. The van der Waals surface area contributed by atoms with Crippen molar-refractivity contribution in [2.75, 3.05) is 62.5 Å². The van der Waals surface area contributed by atoms with Gasteiger partial charge in [0, 0.05) is 12.2 Å². The van der Waals surface area contributed by atoms with Gasteiger partial charge in [-0.05, 0) is 47.5 Å². The Kier molecular flexibility index (Phi) is 15.1. The summed E-state index contributed by atoms with van der Waals surface area (Å²) in [5.41, 5.74) is 0.899. The largest absolute Gasteiger partial charge is 0.493 e. The average molecular weight is 783 g/mol. The minimum Gasteiger partial charge on any atom is -0.493 e. The van der Waals surface area contributed by atoms with Crippen LogP contribution in [0.5, 0.6) is 34.5 Å². The molecule has 304 valence electrons. The number of esters is 2. The monoisotopic (exact) mass is 782 g/mol. The third-order valence-corrected chi connectivity index (χ3v) is 8.69. The molecule has 2 aromatic carbocycles. The van der Waals surface area contributed by atoms with Crippen LogP contribution in [0, 0.1) is 0 Å². The molecular weight excluding hydrogens is 736 g/mol. The van der Waals surface area contributed by atoms with Crippen LogP contribution in [0.2, 0.25) is 0 Å². The van der Waals surface area contributed by atoms with Gasteiger partial charge in [0.2, 0.25) is 17.3 Å². The van der Waals surface area contributed by atoms with Crippen molar-refractivity contribution in [2.45, 2.75) is 54.8 Å². The van der Waals surface area contributed by atoms with Crippen LogP contribution in [0.1, 0.15) is 11.1 Å². The summed E-state index contributed by atoms with van der Waals surface area (Å²) in [7, 11) is 8.54. The van der Waals surface area contributed by atoms with Crippen molar-refractivity contribution in [1.29, 1.82) is 0 Å². The molecule has 2 fully saturated rings. The Morgan fingerprint density at radius 2 is 1.16 bits per heavy atom. The van der Waals surface area contributed by atoms with Crippen molar-refractivity contribution in [3.63, 3.8) is 0 Å². The van der Waals surface area contributed by atoms with Crippen molar-refractivity contribution in [3.05, 3.63) is 47.5 Å². The van der Waals surface area contributed by atoms with Crippen LogP contribution in [-0.2, 0) is 33.3 Å². The zero-order valence-corrected chi connectivity index (χ0v) is 30.8. The molecule has 0 saturated carbocycles. The van der Waals surface area contributed by atoms with Crippen molar-refractivity contribution < 1.29 is 92.3 Å². The minimum atomic E-state index is -2.49. The number of carbonyl (C=O) groups is 2. The lowest BCUT2D eigenvalue weighted by molar-refractivity contribution is -0.383. The topological polar surface area (TPSA) is 257 Å². The fourth-order valence-corrected chi connectivity index (χ4v) is 5.86. The molecule has 0 aliphatic carbocycles. The number of ether oxygens (including phenoxy) is 11. The van der Waals surface area contributed by atoms with E-state index in [-0.39, 0.29) is 0 Å². The summed E-state index contributed by atoms with van der Waals surface area (Å²) < 4.78 is 59.5. The van der Waals surface area contributed by atoms with Crippen LogP contribution in [-0.4, -0.2) is 160 Å². The first kappa shape index (κ1) is 43.0. The maximum absolute atomic E-state index is 13.0. The Morgan fingerprint density at radius 1 is 0.673 bits per heavy atom. The van der Waals surface area contributed by atoms with Gasteiger partial charge >= 0.3 is 11.9 Å². The van der Waals surface area contributed by atoms with Gasteiger partial charge in [-0.15, -0.1) is 0 Å². The van der Waals surface area contributed by atoms with Crippen LogP contribution < -0.4 is 28.4 Å². The fourth-order valence-electron chi connectivity index (χ4n) is 5.86. The molecule has 2 aromatic rings. The summed E-state index contributed by atoms with van der Waals surface area (Å²) in [5.74, 6) is -2.53. The van der Waals surface area contributed by atoms with Gasteiger partial charge in [0.25, 0.3) is 0 Å². The molecule has 0 unspecified atom stereocenters. The summed E-state index contributed by atoms with van der Waals surface area (Å²) >= 11 is 0. The summed E-state index contributed by atoms with van der Waals surface area (Å²) in [6.45, 7) is -2.62. The van der Waals surface area contributed by atoms with E-state index in [2.05, 4.69) is 0 Å². The van der Waals surface area contributed by atoms with Gasteiger partial charge in [-0.2, -0.15) is 0 Å². The van der Waals surface area contributed by atoms with Gasteiger partial charge in [0.1, 0.15) is 49.8 Å². The zero-order chi connectivity index (χ0) is 40.4. The molecule has 0 bridgehead atoms. The Balaban J connectivity index is 1.49. The van der Waals surface area contributed by atoms with Gasteiger partial charge in [-0.1, -0.05) is 0 Å². The molecule has 2 aliphatic rings. The second kappa shape index (κ2) is 19.2. The van der Waals surface area contributed by atoms with E-state index in [4.69, 9.17) is 52.1 Å². The zero-order valence-electron chi connectivity index (χ0n) is 30.8. The number of hydrogen-bond acceptors (Lipinski definition) is 19. The van der Waals surface area contributed by atoms with E-state index in [0.717, 1.165) is 12.2 Å². The van der Waals surface area contributed by atoms with Crippen LogP contribution in [0.15, 0.2) is 36.4 Å². The third kappa shape index (κ3) is 9.58. The molecule has 0 radical (unpaired) electrons. The van der Waals surface area contributed by atoms with E-state index in [1.165, 1.54) is 54.8 Å². The Labute approximate surface area is 315 Å². The standard InChI is InChI=1S/C36H46O19/c1-45-20-11-18(12-21(46-2)32(20)49-5)7-9-26(39)51-16-25-28(41)30(43)31(44)35(52-25)55-36(17-38)34(29(42)24(15-37)54-36)53-27(40)10-8-19-13-22(47-3)33(50-6)23(14-19)48-4/h7-14,24-25,28-31,34-35,37-38,41-44H,15-17H2,1-6H3/t24-,25-,28-,29-,30+,31-,34+,35-,36+/m1/s1. The fraction of sp³-hybridized carbons (Fsp3) is 0.500. The van der Waals surface area contributed by atoms with Crippen molar-refractivity contribution in [3.8, 4) is 34.5 Å². The smallest absolute Gasteiger partial charge is 0.331 e. The molecule has 9 atom stereocenters. The lowest BCUT2D eigenvalue weighted by Gasteiger charge is -2.43. The Bertz CT molecular complexity index is 1630. The molecule has 0 aromatic heterocycles. The van der Waals surface area contributed by atoms with Gasteiger partial charge < -0.3 is 82.7 Å². The maximum atomic E-state index is 13.0. The lowest BCUT2D eigenvalue weighted by Crippen LogP contribution is -2.63. The average Bonchev–Trinajstić information content (AvgIpc) is 3.46. The van der Waals surface area contributed by atoms with Crippen molar-refractivity contribution >= 4 is 24.1 Å². The maximum Gasteiger partial charge on any atom is 0.331 e. The summed E-state index contributed by atoms with van der Waals surface area (Å²) in [4.78, 5) is 25.7. The molecule has 55 heavy (non-hydrogen) atoms. The third-order valence-electron chi connectivity index (χ3n) is 8.69. The number of aliphatic hydroxyl groups is 6. The number of benzene rings is 2. The first-order valence-electron chi connectivity index (χ1n) is 16.6. The number of methoxy groups -OCH3 is 6. The number of carbonyl (C=O) groups excluding carboxylic acids is 2.